The van der Waals surface area contributed by atoms with Crippen LogP contribution in [-0.4, -0.2) is 29.6 Å². The molecule has 11 heavy (non-hydrogen) atoms. The molecule has 1 aliphatic heterocycles. The monoisotopic (exact) mass is 148 g/mol. The second-order valence-corrected chi connectivity index (χ2v) is 2.45. The summed E-state index contributed by atoms with van der Waals surface area (Å²) in [7, 11) is 0. The summed E-state index contributed by atoms with van der Waals surface area (Å²) in [4.78, 5) is 4.22. The summed E-state index contributed by atoms with van der Waals surface area (Å²) in [5.74, 6) is 2.59. The van der Waals surface area contributed by atoms with Crippen LogP contribution in [0.15, 0.2) is 25.1 Å². The lowest BCUT2D eigenvalue weighted by Gasteiger charge is -2.17. The second-order valence-electron chi connectivity index (χ2n) is 2.45. The first-order valence-electron chi connectivity index (χ1n) is 3.57. The van der Waals surface area contributed by atoms with E-state index < -0.39 is 0 Å². The highest BCUT2D eigenvalue weighted by Gasteiger charge is 2.07. The minimum atomic E-state index is 0.685. The van der Waals surface area contributed by atoms with Crippen LogP contribution in [-0.2, 0) is 0 Å². The topological polar surface area (TPSA) is 6.48 Å². The van der Waals surface area contributed by atoms with Crippen LogP contribution in [0.25, 0.3) is 0 Å². The molecule has 0 aliphatic carbocycles. The normalized spacial score (nSPS) is 15.2. The molecule has 1 rings (SSSR count). The van der Waals surface area contributed by atoms with Crippen molar-refractivity contribution in [1.82, 2.24) is 9.80 Å². The molecular weight excluding hydrogens is 136 g/mol. The number of terminal acetylenes is 1. The summed E-state index contributed by atoms with van der Waals surface area (Å²) in [6, 6.07) is 0. The molecule has 0 fully saturated rings. The third-order valence-corrected chi connectivity index (χ3v) is 1.51. The van der Waals surface area contributed by atoms with Crippen LogP contribution in [0.3, 0.4) is 0 Å². The number of hydrogen-bond acceptors (Lipinski definition) is 2. The summed E-state index contributed by atoms with van der Waals surface area (Å²) in [5.41, 5.74) is 0. The Morgan fingerprint density at radius 2 is 2.27 bits per heavy atom. The van der Waals surface area contributed by atoms with E-state index in [1.165, 1.54) is 0 Å². The molecule has 0 bridgehead atoms. The SMILES string of the molecule is C#CCN1C=CN(CC=C)C1. The van der Waals surface area contributed by atoms with Crippen molar-refractivity contribution >= 4 is 0 Å². The standard InChI is InChI=1S/C9H12N2/c1-3-5-10-7-8-11(9-10)6-4-2/h1,4,7-8H,2,5-6,9H2. The molecule has 1 aliphatic rings. The fourth-order valence-electron chi connectivity index (χ4n) is 1.02. The maximum Gasteiger partial charge on any atom is 0.0906 e. The molecule has 0 N–H and O–H groups in total. The van der Waals surface area contributed by atoms with Gasteiger partial charge < -0.3 is 9.80 Å². The third kappa shape index (κ3) is 2.05. The maximum atomic E-state index is 5.16. The van der Waals surface area contributed by atoms with Gasteiger partial charge in [-0.1, -0.05) is 12.0 Å². The Morgan fingerprint density at radius 1 is 1.55 bits per heavy atom. The van der Waals surface area contributed by atoms with Crippen molar-refractivity contribution in [2.45, 2.75) is 0 Å². The largest absolute Gasteiger partial charge is 0.355 e. The van der Waals surface area contributed by atoms with Gasteiger partial charge >= 0.3 is 0 Å². The highest BCUT2D eigenvalue weighted by atomic mass is 15.3. The molecule has 0 radical (unpaired) electrons. The van der Waals surface area contributed by atoms with Crippen LogP contribution in [0.5, 0.6) is 0 Å². The van der Waals surface area contributed by atoms with E-state index >= 15 is 0 Å². The van der Waals surface area contributed by atoms with Crippen molar-refractivity contribution in [2.24, 2.45) is 0 Å². The Kier molecular flexibility index (Phi) is 2.62. The molecule has 1 heterocycles. The van der Waals surface area contributed by atoms with Gasteiger partial charge in [0.25, 0.3) is 0 Å². The first kappa shape index (κ1) is 7.74. The van der Waals surface area contributed by atoms with Gasteiger partial charge in [-0.2, -0.15) is 0 Å². The van der Waals surface area contributed by atoms with Crippen molar-refractivity contribution in [3.63, 3.8) is 0 Å². The van der Waals surface area contributed by atoms with Gasteiger partial charge in [0.2, 0.25) is 0 Å². The summed E-state index contributed by atoms with van der Waals surface area (Å²) < 4.78 is 0. The lowest BCUT2D eigenvalue weighted by Crippen LogP contribution is -2.25. The molecule has 0 amide bonds. The average molecular weight is 148 g/mol. The van der Waals surface area contributed by atoms with Crippen molar-refractivity contribution in [3.05, 3.63) is 25.1 Å². The second kappa shape index (κ2) is 3.72. The lowest BCUT2D eigenvalue weighted by molar-refractivity contribution is 0.303. The molecule has 0 unspecified atom stereocenters. The molecule has 0 saturated carbocycles. The highest BCUT2D eigenvalue weighted by molar-refractivity contribution is 4.98. The summed E-state index contributed by atoms with van der Waals surface area (Å²) in [6.07, 6.45) is 11.1. The number of rotatable bonds is 3. The number of hydrogen-bond donors (Lipinski definition) is 0. The van der Waals surface area contributed by atoms with Crippen LogP contribution < -0.4 is 0 Å². The lowest BCUT2D eigenvalue weighted by atomic mass is 10.5. The zero-order chi connectivity index (χ0) is 8.10. The molecular formula is C9H12N2. The number of nitrogens with zero attached hydrogens (tertiary/aromatic N) is 2. The van der Waals surface area contributed by atoms with Crippen LogP contribution in [0, 0.1) is 12.3 Å². The molecule has 2 nitrogen and oxygen atoms in total. The zero-order valence-corrected chi connectivity index (χ0v) is 6.53. The van der Waals surface area contributed by atoms with Crippen molar-refractivity contribution < 1.29 is 0 Å². The predicted octanol–water partition coefficient (Wildman–Crippen LogP) is 0.852. The van der Waals surface area contributed by atoms with Gasteiger partial charge in [0.05, 0.1) is 13.2 Å². The summed E-state index contributed by atoms with van der Waals surface area (Å²) in [5, 5.41) is 0. The smallest absolute Gasteiger partial charge is 0.0906 e. The highest BCUT2D eigenvalue weighted by Crippen LogP contribution is 2.04. The Hall–Kier alpha value is -1.36. The fourth-order valence-corrected chi connectivity index (χ4v) is 1.02. The van der Waals surface area contributed by atoms with Gasteiger partial charge in [0.15, 0.2) is 0 Å². The fraction of sp³-hybridized carbons (Fsp3) is 0.333. The third-order valence-electron chi connectivity index (χ3n) is 1.51. The van der Waals surface area contributed by atoms with Crippen LogP contribution in [0.2, 0.25) is 0 Å². The van der Waals surface area contributed by atoms with Crippen molar-refractivity contribution in [1.29, 1.82) is 0 Å². The quantitative estimate of drug-likeness (QED) is 0.432. The molecule has 0 aromatic heterocycles. The van der Waals surface area contributed by atoms with Crippen molar-refractivity contribution in [2.75, 3.05) is 19.8 Å². The molecule has 0 saturated heterocycles. The minimum Gasteiger partial charge on any atom is -0.355 e. The van der Waals surface area contributed by atoms with E-state index in [1.807, 2.05) is 18.5 Å². The Bertz CT molecular complexity index is 200. The molecule has 58 valence electrons. The van der Waals surface area contributed by atoms with E-state index in [9.17, 15) is 0 Å². The van der Waals surface area contributed by atoms with Crippen LogP contribution >= 0.6 is 0 Å². The Labute approximate surface area is 67.8 Å². The maximum absolute atomic E-state index is 5.16. The van der Waals surface area contributed by atoms with Gasteiger partial charge in [-0.25, -0.2) is 0 Å². The molecule has 0 atom stereocenters. The average Bonchev–Trinajstić information content (AvgIpc) is 2.38. The molecule has 0 spiro atoms. The molecule has 2 heteroatoms. The van der Waals surface area contributed by atoms with E-state index in [1.54, 1.807) is 0 Å². The summed E-state index contributed by atoms with van der Waals surface area (Å²) >= 11 is 0. The predicted molar refractivity (Wildman–Crippen MR) is 46.4 cm³/mol. The van der Waals surface area contributed by atoms with E-state index in [0.29, 0.717) is 6.54 Å². The van der Waals surface area contributed by atoms with Gasteiger partial charge in [-0.3, -0.25) is 0 Å². The van der Waals surface area contributed by atoms with E-state index in [4.69, 9.17) is 6.42 Å². The minimum absolute atomic E-state index is 0.685. The van der Waals surface area contributed by atoms with Crippen molar-refractivity contribution in [3.8, 4) is 12.3 Å². The first-order valence-corrected chi connectivity index (χ1v) is 3.57. The van der Waals surface area contributed by atoms with E-state index in [-0.39, 0.29) is 0 Å². The van der Waals surface area contributed by atoms with Crippen LogP contribution in [0.1, 0.15) is 0 Å². The van der Waals surface area contributed by atoms with Gasteiger partial charge in [0, 0.05) is 18.9 Å². The van der Waals surface area contributed by atoms with E-state index in [2.05, 4.69) is 22.3 Å². The van der Waals surface area contributed by atoms with Gasteiger partial charge in [0.1, 0.15) is 0 Å². The summed E-state index contributed by atoms with van der Waals surface area (Å²) in [6.45, 7) is 6.12. The van der Waals surface area contributed by atoms with E-state index in [0.717, 1.165) is 13.2 Å². The Balaban J connectivity index is 2.31. The van der Waals surface area contributed by atoms with Gasteiger partial charge in [-0.15, -0.1) is 13.0 Å². The molecule has 0 aromatic rings. The first-order chi connectivity index (χ1) is 5.36. The molecule has 0 aromatic carbocycles. The Morgan fingerprint density at radius 3 is 2.91 bits per heavy atom. The van der Waals surface area contributed by atoms with Crippen LogP contribution in [0.4, 0.5) is 0 Å². The van der Waals surface area contributed by atoms with Gasteiger partial charge in [-0.05, 0) is 0 Å². The zero-order valence-electron chi connectivity index (χ0n) is 6.53.